The molecule has 0 radical (unpaired) electrons. The maximum Gasteiger partial charge on any atom is 0.326 e. The van der Waals surface area contributed by atoms with Crippen LogP contribution in [-0.4, -0.2) is 61.8 Å². The third-order valence-electron chi connectivity index (χ3n) is 8.27. The highest BCUT2D eigenvalue weighted by atomic mass is 16.5. The molecule has 39 heavy (non-hydrogen) atoms. The fourth-order valence-electron chi connectivity index (χ4n) is 5.93. The molecule has 4 aromatic rings. The van der Waals surface area contributed by atoms with E-state index in [0.717, 1.165) is 64.2 Å². The lowest BCUT2D eigenvalue weighted by Gasteiger charge is -2.44. The number of hydrogen-bond acceptors (Lipinski definition) is 6. The Hall–Kier alpha value is -4.04. The van der Waals surface area contributed by atoms with E-state index in [4.69, 9.17) is 9.15 Å². The third-order valence-corrected chi connectivity index (χ3v) is 8.27. The number of fused-ring (bicyclic) bond motifs is 2. The number of hydrogen-bond donors (Lipinski definition) is 1. The van der Waals surface area contributed by atoms with E-state index in [9.17, 15) is 4.79 Å². The molecule has 0 unspecified atom stereocenters. The van der Waals surface area contributed by atoms with Crippen molar-refractivity contribution in [3.8, 4) is 17.1 Å². The molecule has 2 amide bonds. The topological polar surface area (TPSA) is 74.1 Å². The van der Waals surface area contributed by atoms with Gasteiger partial charge in [0.2, 0.25) is 0 Å². The lowest BCUT2D eigenvalue weighted by atomic mass is 10.0. The van der Waals surface area contributed by atoms with Crippen LogP contribution in [0.4, 0.5) is 21.9 Å². The van der Waals surface area contributed by atoms with Gasteiger partial charge in [0, 0.05) is 49.6 Å². The van der Waals surface area contributed by atoms with Crippen LogP contribution in [0, 0.1) is 6.92 Å². The fourth-order valence-corrected chi connectivity index (χ4v) is 5.93. The van der Waals surface area contributed by atoms with Crippen molar-refractivity contribution >= 4 is 33.9 Å². The summed E-state index contributed by atoms with van der Waals surface area (Å²) < 4.78 is 11.6. The standard InChI is InChI=1S/C31H35N5O3/c1-19-17-35(18-20(2)34(19)4)28-15-27-22(14-29(28)38-5)12-13-36(27)31(37)33-26-11-7-8-23-24(26)9-6-10-25(23)30-16-32-21(3)39-30/h6-11,14-16,19-20H,12-13,17-18H2,1-5H3,(H,33,37)/t19-,20+. The number of aryl methyl sites for hydroxylation is 1. The molecule has 1 fully saturated rings. The minimum absolute atomic E-state index is 0.140. The Morgan fingerprint density at radius 1 is 1.05 bits per heavy atom. The molecule has 1 saturated heterocycles. The molecular weight excluding hydrogens is 490 g/mol. The minimum atomic E-state index is -0.140. The number of anilines is 3. The molecule has 0 bridgehead atoms. The number of likely N-dealkylation sites (N-methyl/N-ethyl adjacent to an activating group) is 1. The van der Waals surface area contributed by atoms with E-state index < -0.39 is 0 Å². The van der Waals surface area contributed by atoms with Gasteiger partial charge >= 0.3 is 6.03 Å². The number of rotatable bonds is 4. The van der Waals surface area contributed by atoms with Crippen LogP contribution in [0.25, 0.3) is 22.1 Å². The third kappa shape index (κ3) is 4.48. The predicted octanol–water partition coefficient (Wildman–Crippen LogP) is 5.94. The zero-order valence-corrected chi connectivity index (χ0v) is 23.2. The number of ether oxygens (including phenoxy) is 1. The molecule has 202 valence electrons. The zero-order chi connectivity index (χ0) is 27.3. The van der Waals surface area contributed by atoms with Gasteiger partial charge in [-0.1, -0.05) is 30.3 Å². The smallest absolute Gasteiger partial charge is 0.326 e. The van der Waals surface area contributed by atoms with Gasteiger partial charge < -0.3 is 19.4 Å². The number of nitrogens with one attached hydrogen (secondary N) is 1. The average Bonchev–Trinajstić information content (AvgIpc) is 3.56. The van der Waals surface area contributed by atoms with Gasteiger partial charge in [-0.15, -0.1) is 0 Å². The molecule has 1 aromatic heterocycles. The summed E-state index contributed by atoms with van der Waals surface area (Å²) in [6, 6.07) is 16.9. The van der Waals surface area contributed by atoms with Gasteiger partial charge in [0.25, 0.3) is 0 Å². The molecule has 3 aromatic carbocycles. The molecule has 2 aliphatic heterocycles. The Bertz CT molecular complexity index is 1530. The van der Waals surface area contributed by atoms with E-state index in [-0.39, 0.29) is 6.03 Å². The molecule has 3 heterocycles. The van der Waals surface area contributed by atoms with E-state index in [1.54, 1.807) is 13.3 Å². The number of piperazine rings is 1. The fraction of sp³-hybridized carbons (Fsp3) is 0.355. The highest BCUT2D eigenvalue weighted by Crippen LogP contribution is 2.41. The Morgan fingerprint density at radius 3 is 2.51 bits per heavy atom. The number of carbonyl (C=O) groups excluding carboxylic acids is 1. The minimum Gasteiger partial charge on any atom is -0.495 e. The predicted molar refractivity (Wildman–Crippen MR) is 156 cm³/mol. The first-order chi connectivity index (χ1) is 18.8. The van der Waals surface area contributed by atoms with Gasteiger partial charge in [0.1, 0.15) is 5.75 Å². The van der Waals surface area contributed by atoms with Crippen molar-refractivity contribution in [1.82, 2.24) is 9.88 Å². The van der Waals surface area contributed by atoms with Crippen LogP contribution >= 0.6 is 0 Å². The Kier molecular flexibility index (Phi) is 6.43. The lowest BCUT2D eigenvalue weighted by molar-refractivity contribution is 0.169. The molecule has 2 aliphatic rings. The number of carbonyl (C=O) groups is 1. The van der Waals surface area contributed by atoms with Crippen LogP contribution in [0.2, 0.25) is 0 Å². The maximum atomic E-state index is 13.7. The molecule has 2 atom stereocenters. The highest BCUT2D eigenvalue weighted by molar-refractivity contribution is 6.10. The molecule has 0 spiro atoms. The number of amides is 2. The molecule has 1 N–H and O–H groups in total. The van der Waals surface area contributed by atoms with Crippen molar-refractivity contribution in [1.29, 1.82) is 0 Å². The molecule has 0 aliphatic carbocycles. The van der Waals surface area contributed by atoms with Crippen LogP contribution in [-0.2, 0) is 6.42 Å². The van der Waals surface area contributed by atoms with Crippen LogP contribution in [0.3, 0.4) is 0 Å². The number of benzene rings is 3. The van der Waals surface area contributed by atoms with Gasteiger partial charge in [0.15, 0.2) is 11.7 Å². The van der Waals surface area contributed by atoms with Gasteiger partial charge in [-0.05, 0) is 56.5 Å². The molecular formula is C31H35N5O3. The summed E-state index contributed by atoms with van der Waals surface area (Å²) in [7, 11) is 3.91. The monoisotopic (exact) mass is 525 g/mol. The lowest BCUT2D eigenvalue weighted by Crippen LogP contribution is -2.55. The van der Waals surface area contributed by atoms with Crippen molar-refractivity contribution in [2.45, 2.75) is 39.3 Å². The summed E-state index contributed by atoms with van der Waals surface area (Å²) in [6.45, 7) is 8.77. The zero-order valence-electron chi connectivity index (χ0n) is 23.2. The summed E-state index contributed by atoms with van der Waals surface area (Å²) in [6.07, 6.45) is 2.53. The van der Waals surface area contributed by atoms with Gasteiger partial charge in [-0.2, -0.15) is 0 Å². The first-order valence-electron chi connectivity index (χ1n) is 13.5. The summed E-state index contributed by atoms with van der Waals surface area (Å²) in [5, 5.41) is 5.14. The molecule has 0 saturated carbocycles. The van der Waals surface area contributed by atoms with Crippen molar-refractivity contribution < 1.29 is 13.9 Å². The Balaban J connectivity index is 1.31. The van der Waals surface area contributed by atoms with Crippen LogP contribution in [0.1, 0.15) is 25.3 Å². The van der Waals surface area contributed by atoms with Crippen molar-refractivity contribution in [3.05, 3.63) is 66.2 Å². The largest absolute Gasteiger partial charge is 0.495 e. The summed E-state index contributed by atoms with van der Waals surface area (Å²) in [5.41, 5.74) is 4.82. The number of methoxy groups -OCH3 is 1. The first-order valence-corrected chi connectivity index (χ1v) is 13.5. The summed E-state index contributed by atoms with van der Waals surface area (Å²) >= 11 is 0. The van der Waals surface area contributed by atoms with Crippen LogP contribution in [0.15, 0.2) is 59.1 Å². The van der Waals surface area contributed by atoms with E-state index >= 15 is 0 Å². The average molecular weight is 526 g/mol. The normalized spacial score (nSPS) is 19.4. The van der Waals surface area contributed by atoms with Crippen molar-refractivity contribution in [2.24, 2.45) is 0 Å². The number of oxazole rings is 1. The summed E-state index contributed by atoms with van der Waals surface area (Å²) in [4.78, 5) is 24.6. The Labute approximate surface area is 229 Å². The van der Waals surface area contributed by atoms with E-state index in [2.05, 4.69) is 53.1 Å². The quantitative estimate of drug-likeness (QED) is 0.356. The number of nitrogens with zero attached hydrogens (tertiary/aromatic N) is 4. The Morgan fingerprint density at radius 2 is 1.79 bits per heavy atom. The number of urea groups is 1. The first kappa shape index (κ1) is 25.2. The van der Waals surface area contributed by atoms with Crippen molar-refractivity contribution in [3.63, 3.8) is 0 Å². The van der Waals surface area contributed by atoms with Gasteiger partial charge in [-0.25, -0.2) is 9.78 Å². The van der Waals surface area contributed by atoms with E-state index in [1.165, 1.54) is 0 Å². The molecule has 8 nitrogen and oxygen atoms in total. The van der Waals surface area contributed by atoms with Gasteiger partial charge in [0.05, 0.1) is 30.4 Å². The van der Waals surface area contributed by atoms with E-state index in [1.807, 2.05) is 48.2 Å². The number of aromatic nitrogens is 1. The maximum absolute atomic E-state index is 13.7. The molecule has 6 rings (SSSR count). The van der Waals surface area contributed by atoms with Gasteiger partial charge in [-0.3, -0.25) is 9.80 Å². The summed E-state index contributed by atoms with van der Waals surface area (Å²) in [5.74, 6) is 2.20. The van der Waals surface area contributed by atoms with Crippen LogP contribution < -0.4 is 19.9 Å². The SMILES string of the molecule is COc1cc2c(cc1N1C[C@@H](C)N(C)[C@@H](C)C1)N(C(=O)Nc1cccc3c(-c4cnc(C)o4)cccc13)CC2. The second-order valence-corrected chi connectivity index (χ2v) is 10.7. The highest BCUT2D eigenvalue weighted by Gasteiger charge is 2.32. The van der Waals surface area contributed by atoms with Crippen molar-refractivity contribution in [2.75, 3.05) is 48.9 Å². The molecule has 8 heteroatoms. The van der Waals surface area contributed by atoms with E-state index in [0.29, 0.717) is 30.3 Å². The second kappa shape index (κ2) is 9.93. The van der Waals surface area contributed by atoms with Crippen LogP contribution in [0.5, 0.6) is 5.75 Å². The second-order valence-electron chi connectivity index (χ2n) is 10.7.